The van der Waals surface area contributed by atoms with Crippen LogP contribution in [0.3, 0.4) is 0 Å². The van der Waals surface area contributed by atoms with Gasteiger partial charge in [0, 0.05) is 18.4 Å². The number of amides is 1. The molecule has 0 aliphatic rings. The molecule has 3 rings (SSSR count). The lowest BCUT2D eigenvalue weighted by molar-refractivity contribution is -0.274. The summed E-state index contributed by atoms with van der Waals surface area (Å²) in [6, 6.07) is 12.4. The number of hydrogen-bond donors (Lipinski definition) is 2. The Balaban J connectivity index is 1.59. The molecule has 0 aliphatic heterocycles. The quantitative estimate of drug-likeness (QED) is 0.462. The first kappa shape index (κ1) is 23.5. The molecule has 2 N–H and O–H groups in total. The first-order chi connectivity index (χ1) is 15.3. The molecule has 1 aromatic heterocycles. The molecule has 32 heavy (non-hydrogen) atoms. The number of halogens is 3. The SMILES string of the molecule is COc1ccc(Cn2cc(CO)nc2SCC(=O)Nc2ccc(OC(F)(F)F)cc2)cc1. The van der Waals surface area contributed by atoms with Crippen LogP contribution < -0.4 is 14.8 Å². The van der Waals surface area contributed by atoms with Crippen molar-refractivity contribution in [3.8, 4) is 11.5 Å². The number of methoxy groups -OCH3 is 1. The molecule has 11 heteroatoms. The van der Waals surface area contributed by atoms with Crippen molar-refractivity contribution < 1.29 is 32.5 Å². The first-order valence-corrected chi connectivity index (χ1v) is 10.3. The summed E-state index contributed by atoms with van der Waals surface area (Å²) in [7, 11) is 1.59. The number of thioether (sulfide) groups is 1. The van der Waals surface area contributed by atoms with Crippen LogP contribution in [0.5, 0.6) is 11.5 Å². The molecule has 1 heterocycles. The standard InChI is InChI=1S/C21H20F3N3O4S/c1-30-17-6-2-14(3-7-17)10-27-11-16(12-28)26-20(27)32-13-19(29)25-15-4-8-18(9-5-15)31-21(22,23)24/h2-9,11,28H,10,12-13H2,1H3,(H,25,29). The smallest absolute Gasteiger partial charge is 0.497 e. The van der Waals surface area contributed by atoms with E-state index in [1.54, 1.807) is 13.3 Å². The number of aliphatic hydroxyl groups is 1. The Labute approximate surface area is 186 Å². The number of carbonyl (C=O) groups is 1. The van der Waals surface area contributed by atoms with Gasteiger partial charge in [-0.2, -0.15) is 0 Å². The molecule has 170 valence electrons. The fourth-order valence-electron chi connectivity index (χ4n) is 2.75. The highest BCUT2D eigenvalue weighted by molar-refractivity contribution is 7.99. The molecule has 0 aliphatic carbocycles. The van der Waals surface area contributed by atoms with Gasteiger partial charge in [-0.05, 0) is 42.0 Å². The Morgan fingerprint density at radius 3 is 2.38 bits per heavy atom. The van der Waals surface area contributed by atoms with Gasteiger partial charge in [-0.25, -0.2) is 4.98 Å². The number of benzene rings is 2. The predicted octanol–water partition coefficient (Wildman–Crippen LogP) is 4.06. The van der Waals surface area contributed by atoms with E-state index in [0.29, 0.717) is 23.1 Å². The van der Waals surface area contributed by atoms with Crippen LogP contribution in [0.15, 0.2) is 59.9 Å². The zero-order valence-electron chi connectivity index (χ0n) is 16.9. The number of ether oxygens (including phenoxy) is 2. The molecule has 0 bridgehead atoms. The summed E-state index contributed by atoms with van der Waals surface area (Å²) in [6.07, 6.45) is -3.06. The normalized spacial score (nSPS) is 11.3. The van der Waals surface area contributed by atoms with Crippen molar-refractivity contribution in [1.82, 2.24) is 9.55 Å². The monoisotopic (exact) mass is 467 g/mol. The highest BCUT2D eigenvalue weighted by Crippen LogP contribution is 2.25. The fraction of sp³-hybridized carbons (Fsp3) is 0.238. The third kappa shape index (κ3) is 6.92. The summed E-state index contributed by atoms with van der Waals surface area (Å²) in [6.45, 7) is 0.253. The number of alkyl halides is 3. The molecule has 0 unspecified atom stereocenters. The average molecular weight is 467 g/mol. The molecule has 7 nitrogen and oxygen atoms in total. The van der Waals surface area contributed by atoms with Crippen LogP contribution >= 0.6 is 11.8 Å². The van der Waals surface area contributed by atoms with Gasteiger partial charge < -0.3 is 24.5 Å². The maximum absolute atomic E-state index is 12.3. The molecule has 0 atom stereocenters. The summed E-state index contributed by atoms with van der Waals surface area (Å²) in [5.74, 6) is 0.0244. The molecular weight excluding hydrogens is 447 g/mol. The van der Waals surface area contributed by atoms with Crippen molar-refractivity contribution in [2.75, 3.05) is 18.2 Å². The molecule has 0 spiro atoms. The van der Waals surface area contributed by atoms with Crippen LogP contribution in [0.4, 0.5) is 18.9 Å². The zero-order chi connectivity index (χ0) is 23.1. The predicted molar refractivity (Wildman–Crippen MR) is 113 cm³/mol. The number of hydrogen-bond acceptors (Lipinski definition) is 6. The number of imidazole rings is 1. The van der Waals surface area contributed by atoms with Crippen LogP contribution in [0.25, 0.3) is 0 Å². The van der Waals surface area contributed by atoms with Gasteiger partial charge in [-0.1, -0.05) is 23.9 Å². The van der Waals surface area contributed by atoms with Gasteiger partial charge in [0.2, 0.25) is 5.91 Å². The largest absolute Gasteiger partial charge is 0.573 e. The van der Waals surface area contributed by atoms with Crippen molar-refractivity contribution in [3.63, 3.8) is 0 Å². The number of nitrogens with zero attached hydrogens (tertiary/aromatic N) is 2. The lowest BCUT2D eigenvalue weighted by atomic mass is 10.2. The number of aromatic nitrogens is 2. The molecule has 1 amide bonds. The maximum Gasteiger partial charge on any atom is 0.573 e. The molecular formula is C21H20F3N3O4S. The lowest BCUT2D eigenvalue weighted by Crippen LogP contribution is -2.17. The second-order valence-electron chi connectivity index (χ2n) is 6.56. The van der Waals surface area contributed by atoms with E-state index < -0.39 is 6.36 Å². The van der Waals surface area contributed by atoms with Crippen molar-refractivity contribution in [1.29, 1.82) is 0 Å². The van der Waals surface area contributed by atoms with E-state index in [9.17, 15) is 23.1 Å². The van der Waals surface area contributed by atoms with Crippen molar-refractivity contribution in [2.24, 2.45) is 0 Å². The molecule has 0 fully saturated rings. The molecule has 3 aromatic rings. The second kappa shape index (κ2) is 10.4. The van der Waals surface area contributed by atoms with Crippen LogP contribution in [-0.2, 0) is 17.9 Å². The topological polar surface area (TPSA) is 85.6 Å². The summed E-state index contributed by atoms with van der Waals surface area (Å²) in [5.41, 5.74) is 1.80. The van der Waals surface area contributed by atoms with Crippen molar-refractivity contribution in [3.05, 3.63) is 66.0 Å². The first-order valence-electron chi connectivity index (χ1n) is 9.34. The number of carbonyl (C=O) groups excluding carboxylic acids is 1. The third-order valence-electron chi connectivity index (χ3n) is 4.17. The third-order valence-corrected chi connectivity index (χ3v) is 5.16. The maximum atomic E-state index is 12.3. The average Bonchev–Trinajstić information content (AvgIpc) is 3.15. The Morgan fingerprint density at radius 1 is 1.12 bits per heavy atom. The van der Waals surface area contributed by atoms with Crippen molar-refractivity contribution in [2.45, 2.75) is 24.7 Å². The summed E-state index contributed by atoms with van der Waals surface area (Å²) in [4.78, 5) is 16.6. The van der Waals surface area contributed by atoms with Crippen molar-refractivity contribution >= 4 is 23.4 Å². The van der Waals surface area contributed by atoms with Crippen LogP contribution in [0.1, 0.15) is 11.3 Å². The minimum Gasteiger partial charge on any atom is -0.497 e. The Kier molecular flexibility index (Phi) is 7.65. The van der Waals surface area contributed by atoms with Gasteiger partial charge in [-0.3, -0.25) is 4.79 Å². The molecule has 0 saturated heterocycles. The van der Waals surface area contributed by atoms with Crippen LogP contribution in [0, 0.1) is 0 Å². The van der Waals surface area contributed by atoms with E-state index in [2.05, 4.69) is 15.0 Å². The Bertz CT molecular complexity index is 1040. The Hall–Kier alpha value is -3.18. The molecule has 0 saturated carbocycles. The summed E-state index contributed by atoms with van der Waals surface area (Å²) in [5, 5.41) is 12.6. The second-order valence-corrected chi connectivity index (χ2v) is 7.50. The van der Waals surface area contributed by atoms with Gasteiger partial charge in [-0.15, -0.1) is 13.2 Å². The van der Waals surface area contributed by atoms with E-state index in [0.717, 1.165) is 23.4 Å². The van der Waals surface area contributed by atoms with Gasteiger partial charge in [0.1, 0.15) is 11.5 Å². The number of aliphatic hydroxyl groups excluding tert-OH is 1. The van der Waals surface area contributed by atoms with Crippen LogP contribution in [-0.4, -0.2) is 39.8 Å². The minimum atomic E-state index is -4.78. The highest BCUT2D eigenvalue weighted by Gasteiger charge is 2.30. The van der Waals surface area contributed by atoms with Gasteiger partial charge in [0.15, 0.2) is 5.16 Å². The van der Waals surface area contributed by atoms with E-state index in [1.807, 2.05) is 28.8 Å². The number of nitrogens with one attached hydrogen (secondary N) is 1. The van der Waals surface area contributed by atoms with E-state index >= 15 is 0 Å². The van der Waals surface area contributed by atoms with Gasteiger partial charge >= 0.3 is 6.36 Å². The fourth-order valence-corrected chi connectivity index (χ4v) is 3.55. The van der Waals surface area contributed by atoms with E-state index in [4.69, 9.17) is 4.74 Å². The zero-order valence-corrected chi connectivity index (χ0v) is 17.7. The number of rotatable bonds is 9. The van der Waals surface area contributed by atoms with E-state index in [1.165, 1.54) is 23.9 Å². The van der Waals surface area contributed by atoms with E-state index in [-0.39, 0.29) is 24.0 Å². The highest BCUT2D eigenvalue weighted by atomic mass is 32.2. The Morgan fingerprint density at radius 2 is 1.78 bits per heavy atom. The number of anilines is 1. The lowest BCUT2D eigenvalue weighted by Gasteiger charge is -2.10. The van der Waals surface area contributed by atoms with Gasteiger partial charge in [0.05, 0.1) is 25.2 Å². The van der Waals surface area contributed by atoms with Gasteiger partial charge in [0.25, 0.3) is 0 Å². The van der Waals surface area contributed by atoms with Crippen LogP contribution in [0.2, 0.25) is 0 Å². The summed E-state index contributed by atoms with van der Waals surface area (Å²) < 4.78 is 47.4. The molecule has 2 aromatic carbocycles. The summed E-state index contributed by atoms with van der Waals surface area (Å²) >= 11 is 1.18. The molecule has 0 radical (unpaired) electrons. The minimum absolute atomic E-state index is 0.0191.